The Morgan fingerprint density at radius 1 is 1.05 bits per heavy atom. The van der Waals surface area contributed by atoms with Crippen LogP contribution in [0.2, 0.25) is 0 Å². The molecule has 2 aromatic carbocycles. The minimum atomic E-state index is -0.358. The Hall–Kier alpha value is -2.13. The van der Waals surface area contributed by atoms with Gasteiger partial charge in [-0.15, -0.1) is 0 Å². The van der Waals surface area contributed by atoms with Gasteiger partial charge in [0.15, 0.2) is 6.10 Å². The predicted octanol–water partition coefficient (Wildman–Crippen LogP) is 3.00. The Morgan fingerprint density at radius 3 is 2.30 bits per heavy atom. The van der Waals surface area contributed by atoms with Crippen molar-refractivity contribution in [3.05, 3.63) is 71.8 Å². The van der Waals surface area contributed by atoms with Gasteiger partial charge in [0.25, 0.3) is 5.91 Å². The second-order valence-electron chi connectivity index (χ2n) is 5.03. The van der Waals surface area contributed by atoms with Crippen LogP contribution < -0.4 is 5.32 Å². The number of hydrogen-bond donors (Lipinski definition) is 1. The molecule has 0 aromatic heterocycles. The number of rotatable bonds is 4. The average molecular weight is 267 g/mol. The Kier molecular flexibility index (Phi) is 3.52. The molecule has 3 rings (SSSR count). The lowest BCUT2D eigenvalue weighted by atomic mass is 10.1. The Bertz CT molecular complexity index is 582. The number of nitrogens with one attached hydrogen (secondary N) is 1. The molecule has 102 valence electrons. The van der Waals surface area contributed by atoms with Crippen molar-refractivity contribution in [3.63, 3.8) is 0 Å². The molecule has 0 unspecified atom stereocenters. The van der Waals surface area contributed by atoms with Crippen LogP contribution in [0, 0.1) is 0 Å². The number of epoxide rings is 1. The summed E-state index contributed by atoms with van der Waals surface area (Å²) >= 11 is 0. The van der Waals surface area contributed by atoms with Gasteiger partial charge in [0.1, 0.15) is 6.10 Å². The van der Waals surface area contributed by atoms with Crippen LogP contribution in [0.25, 0.3) is 0 Å². The number of ether oxygens (including phenoxy) is 1. The van der Waals surface area contributed by atoms with Crippen molar-refractivity contribution in [2.45, 2.75) is 25.2 Å². The summed E-state index contributed by atoms with van der Waals surface area (Å²) in [6.45, 7) is 1.98. The first kappa shape index (κ1) is 12.9. The van der Waals surface area contributed by atoms with E-state index in [0.29, 0.717) is 0 Å². The molecule has 0 aliphatic carbocycles. The molecule has 0 radical (unpaired) electrons. The van der Waals surface area contributed by atoms with Crippen molar-refractivity contribution in [2.24, 2.45) is 0 Å². The number of hydrogen-bond acceptors (Lipinski definition) is 2. The quantitative estimate of drug-likeness (QED) is 0.865. The zero-order valence-electron chi connectivity index (χ0n) is 11.3. The van der Waals surface area contributed by atoms with Crippen LogP contribution in [0.3, 0.4) is 0 Å². The van der Waals surface area contributed by atoms with E-state index in [9.17, 15) is 4.79 Å². The summed E-state index contributed by atoms with van der Waals surface area (Å²) in [4.78, 5) is 12.1. The van der Waals surface area contributed by atoms with Crippen molar-refractivity contribution >= 4 is 5.91 Å². The summed E-state index contributed by atoms with van der Waals surface area (Å²) in [6.07, 6.45) is -0.456. The lowest BCUT2D eigenvalue weighted by Gasteiger charge is -2.13. The molecule has 1 heterocycles. The van der Waals surface area contributed by atoms with Gasteiger partial charge in [-0.1, -0.05) is 60.7 Å². The molecular weight excluding hydrogens is 250 g/mol. The number of benzene rings is 2. The first-order valence-electron chi connectivity index (χ1n) is 6.81. The van der Waals surface area contributed by atoms with Gasteiger partial charge >= 0.3 is 0 Å². The molecule has 0 bridgehead atoms. The van der Waals surface area contributed by atoms with Crippen LogP contribution in [-0.4, -0.2) is 12.0 Å². The van der Waals surface area contributed by atoms with Crippen molar-refractivity contribution in [2.75, 3.05) is 0 Å². The summed E-state index contributed by atoms with van der Waals surface area (Å²) in [6, 6.07) is 19.8. The highest BCUT2D eigenvalue weighted by atomic mass is 16.6. The van der Waals surface area contributed by atoms with Crippen LogP contribution in [0.5, 0.6) is 0 Å². The van der Waals surface area contributed by atoms with Gasteiger partial charge < -0.3 is 10.1 Å². The molecule has 1 fully saturated rings. The SMILES string of the molecule is C[C@H](NC(=O)[C@H]1O[C@@H]1c1ccccc1)c1ccccc1. The molecule has 3 nitrogen and oxygen atoms in total. The topological polar surface area (TPSA) is 41.6 Å². The molecule has 1 saturated heterocycles. The smallest absolute Gasteiger partial charge is 0.252 e. The van der Waals surface area contributed by atoms with Gasteiger partial charge in [0.2, 0.25) is 0 Å². The molecule has 3 heteroatoms. The van der Waals surface area contributed by atoms with E-state index < -0.39 is 0 Å². The fraction of sp³-hybridized carbons (Fsp3) is 0.235. The van der Waals surface area contributed by atoms with E-state index >= 15 is 0 Å². The third kappa shape index (κ3) is 2.73. The standard InChI is InChI=1S/C17H17NO2/c1-12(13-8-4-2-5-9-13)18-17(19)16-15(20-16)14-10-6-3-7-11-14/h2-12,15-16H,1H3,(H,18,19)/t12-,15+,16-/m0/s1. The highest BCUT2D eigenvalue weighted by molar-refractivity contribution is 5.84. The van der Waals surface area contributed by atoms with E-state index in [1.807, 2.05) is 67.6 Å². The van der Waals surface area contributed by atoms with Crippen LogP contribution in [0.4, 0.5) is 0 Å². The molecule has 1 N–H and O–H groups in total. The zero-order valence-corrected chi connectivity index (χ0v) is 11.3. The van der Waals surface area contributed by atoms with E-state index in [-0.39, 0.29) is 24.2 Å². The van der Waals surface area contributed by atoms with Gasteiger partial charge in [0.05, 0.1) is 6.04 Å². The van der Waals surface area contributed by atoms with Gasteiger partial charge in [-0.3, -0.25) is 4.79 Å². The maximum atomic E-state index is 12.1. The monoisotopic (exact) mass is 267 g/mol. The molecule has 20 heavy (non-hydrogen) atoms. The van der Waals surface area contributed by atoms with Crippen LogP contribution in [0.15, 0.2) is 60.7 Å². The molecule has 3 atom stereocenters. The lowest BCUT2D eigenvalue weighted by molar-refractivity contribution is -0.122. The minimum Gasteiger partial charge on any atom is -0.354 e. The highest BCUT2D eigenvalue weighted by Gasteiger charge is 2.46. The number of carbonyl (C=O) groups excluding carboxylic acids is 1. The summed E-state index contributed by atoms with van der Waals surface area (Å²) in [5.74, 6) is -0.0461. The molecule has 1 aliphatic rings. The van der Waals surface area contributed by atoms with E-state index in [4.69, 9.17) is 4.74 Å². The highest BCUT2D eigenvalue weighted by Crippen LogP contribution is 2.38. The molecular formula is C17H17NO2. The fourth-order valence-electron chi connectivity index (χ4n) is 2.33. The summed E-state index contributed by atoms with van der Waals surface area (Å²) in [7, 11) is 0. The lowest BCUT2D eigenvalue weighted by Crippen LogP contribution is -2.30. The van der Waals surface area contributed by atoms with E-state index in [1.54, 1.807) is 0 Å². The van der Waals surface area contributed by atoms with E-state index in [0.717, 1.165) is 11.1 Å². The second kappa shape index (κ2) is 5.47. The summed E-state index contributed by atoms with van der Waals surface area (Å²) < 4.78 is 5.49. The number of amides is 1. The largest absolute Gasteiger partial charge is 0.354 e. The molecule has 1 amide bonds. The maximum Gasteiger partial charge on any atom is 0.252 e. The van der Waals surface area contributed by atoms with Crippen molar-refractivity contribution in [3.8, 4) is 0 Å². The van der Waals surface area contributed by atoms with Crippen LogP contribution >= 0.6 is 0 Å². The average Bonchev–Trinajstić information content (AvgIpc) is 3.29. The van der Waals surface area contributed by atoms with Gasteiger partial charge in [-0.05, 0) is 18.1 Å². The molecule has 1 aliphatic heterocycles. The van der Waals surface area contributed by atoms with Gasteiger partial charge in [-0.25, -0.2) is 0 Å². The van der Waals surface area contributed by atoms with Crippen LogP contribution in [0.1, 0.15) is 30.2 Å². The van der Waals surface area contributed by atoms with Crippen LogP contribution in [-0.2, 0) is 9.53 Å². The van der Waals surface area contributed by atoms with E-state index in [1.165, 1.54) is 0 Å². The normalized spacial score (nSPS) is 22.1. The second-order valence-corrected chi connectivity index (χ2v) is 5.03. The molecule has 0 saturated carbocycles. The third-order valence-corrected chi connectivity index (χ3v) is 3.54. The zero-order chi connectivity index (χ0) is 13.9. The van der Waals surface area contributed by atoms with Crippen molar-refractivity contribution in [1.29, 1.82) is 0 Å². The van der Waals surface area contributed by atoms with E-state index in [2.05, 4.69) is 5.32 Å². The predicted molar refractivity (Wildman–Crippen MR) is 77.1 cm³/mol. The molecule has 0 spiro atoms. The first-order chi connectivity index (χ1) is 9.75. The van der Waals surface area contributed by atoms with Gasteiger partial charge in [-0.2, -0.15) is 0 Å². The van der Waals surface area contributed by atoms with Crippen molar-refractivity contribution in [1.82, 2.24) is 5.32 Å². The maximum absolute atomic E-state index is 12.1. The number of carbonyl (C=O) groups is 1. The fourth-order valence-corrected chi connectivity index (χ4v) is 2.33. The molecule has 2 aromatic rings. The third-order valence-electron chi connectivity index (χ3n) is 3.54. The summed E-state index contributed by atoms with van der Waals surface area (Å²) in [5.41, 5.74) is 2.15. The Morgan fingerprint density at radius 2 is 1.65 bits per heavy atom. The Labute approximate surface area is 118 Å². The minimum absolute atomic E-state index is 0.00989. The van der Waals surface area contributed by atoms with Gasteiger partial charge in [0, 0.05) is 0 Å². The summed E-state index contributed by atoms with van der Waals surface area (Å²) in [5, 5.41) is 2.99. The Balaban J connectivity index is 1.59. The van der Waals surface area contributed by atoms with Crippen molar-refractivity contribution < 1.29 is 9.53 Å². The first-order valence-corrected chi connectivity index (χ1v) is 6.81.